The first kappa shape index (κ1) is 11.6. The van der Waals surface area contributed by atoms with Gasteiger partial charge in [-0.2, -0.15) is 5.10 Å². The van der Waals surface area contributed by atoms with Crippen LogP contribution in [0.4, 0.5) is 5.82 Å². The Hall–Kier alpha value is -1.21. The van der Waals surface area contributed by atoms with E-state index in [0.717, 1.165) is 48.2 Å². The third kappa shape index (κ3) is 2.10. The maximum Gasteiger partial charge on any atom is 0.198 e. The molecule has 1 aliphatic heterocycles. The number of halogens is 1. The van der Waals surface area contributed by atoms with Crippen molar-refractivity contribution in [3.63, 3.8) is 0 Å². The quantitative estimate of drug-likeness (QED) is 0.840. The summed E-state index contributed by atoms with van der Waals surface area (Å²) < 4.78 is 8.02. The van der Waals surface area contributed by atoms with Gasteiger partial charge in [0, 0.05) is 19.0 Å². The molecule has 0 bridgehead atoms. The van der Waals surface area contributed by atoms with E-state index in [2.05, 4.69) is 35.9 Å². The highest BCUT2D eigenvalue weighted by Crippen LogP contribution is 2.38. The first-order valence-electron chi connectivity index (χ1n) is 6.57. The Morgan fingerprint density at radius 2 is 2.00 bits per heavy atom. The first-order valence-corrected chi connectivity index (χ1v) is 7.36. The summed E-state index contributed by atoms with van der Waals surface area (Å²) >= 11 is 3.45. The van der Waals surface area contributed by atoms with Gasteiger partial charge in [0.1, 0.15) is 4.60 Å². The van der Waals surface area contributed by atoms with Crippen LogP contribution in [0.1, 0.15) is 24.6 Å². The van der Waals surface area contributed by atoms with Crippen LogP contribution in [0.3, 0.4) is 0 Å². The van der Waals surface area contributed by atoms with Crippen LogP contribution in [-0.4, -0.2) is 45.9 Å². The van der Waals surface area contributed by atoms with E-state index in [0.29, 0.717) is 5.92 Å². The molecule has 2 aromatic rings. The van der Waals surface area contributed by atoms with E-state index in [4.69, 9.17) is 4.74 Å². The van der Waals surface area contributed by atoms with Crippen LogP contribution in [0.25, 0.3) is 5.65 Å². The SMILES string of the molecule is Brc1cn2nc(C3CC3)nc2c(N2CCOCC2)n1. The van der Waals surface area contributed by atoms with Crippen LogP contribution in [-0.2, 0) is 4.74 Å². The maximum atomic E-state index is 5.39. The lowest BCUT2D eigenvalue weighted by atomic mass is 10.4. The van der Waals surface area contributed by atoms with E-state index < -0.39 is 0 Å². The first-order chi connectivity index (χ1) is 9.31. The molecule has 2 aromatic heterocycles. The molecular weight excluding hydrogens is 310 g/mol. The molecule has 100 valence electrons. The molecule has 2 aliphatic rings. The molecule has 0 N–H and O–H groups in total. The Balaban J connectivity index is 1.82. The minimum absolute atomic E-state index is 0.552. The Morgan fingerprint density at radius 1 is 1.21 bits per heavy atom. The lowest BCUT2D eigenvalue weighted by molar-refractivity contribution is 0.122. The number of fused-ring (bicyclic) bond motifs is 1. The maximum absolute atomic E-state index is 5.39. The van der Waals surface area contributed by atoms with Crippen LogP contribution >= 0.6 is 15.9 Å². The smallest absolute Gasteiger partial charge is 0.198 e. The molecule has 2 fully saturated rings. The van der Waals surface area contributed by atoms with E-state index in [1.54, 1.807) is 0 Å². The van der Waals surface area contributed by atoms with Gasteiger partial charge in [-0.1, -0.05) is 0 Å². The molecular formula is C12H14BrN5O. The Morgan fingerprint density at radius 3 is 2.74 bits per heavy atom. The second kappa shape index (κ2) is 4.42. The van der Waals surface area contributed by atoms with Crippen molar-refractivity contribution in [3.05, 3.63) is 16.6 Å². The number of hydrogen-bond acceptors (Lipinski definition) is 5. The van der Waals surface area contributed by atoms with Crippen molar-refractivity contribution < 1.29 is 4.74 Å². The van der Waals surface area contributed by atoms with Gasteiger partial charge in [0.25, 0.3) is 0 Å². The Kier molecular flexibility index (Phi) is 2.70. The number of nitrogens with zero attached hydrogens (tertiary/aromatic N) is 5. The summed E-state index contributed by atoms with van der Waals surface area (Å²) in [5.41, 5.74) is 0.854. The fourth-order valence-corrected chi connectivity index (χ4v) is 2.73. The van der Waals surface area contributed by atoms with Crippen molar-refractivity contribution in [2.45, 2.75) is 18.8 Å². The molecule has 0 unspecified atom stereocenters. The average Bonchev–Trinajstić information content (AvgIpc) is 3.19. The number of hydrogen-bond donors (Lipinski definition) is 0. The van der Waals surface area contributed by atoms with Crippen LogP contribution in [0.2, 0.25) is 0 Å². The van der Waals surface area contributed by atoms with Gasteiger partial charge in [0.05, 0.1) is 19.4 Å². The largest absolute Gasteiger partial charge is 0.378 e. The van der Waals surface area contributed by atoms with E-state index in [1.165, 1.54) is 12.8 Å². The number of rotatable bonds is 2. The van der Waals surface area contributed by atoms with Gasteiger partial charge in [-0.3, -0.25) is 0 Å². The van der Waals surface area contributed by atoms with E-state index >= 15 is 0 Å². The lowest BCUT2D eigenvalue weighted by Crippen LogP contribution is -2.37. The summed E-state index contributed by atoms with van der Waals surface area (Å²) in [6.45, 7) is 3.18. The normalized spacial score (nSPS) is 20.2. The Bertz CT molecular complexity index is 618. The molecule has 1 aliphatic carbocycles. The number of aromatic nitrogens is 4. The van der Waals surface area contributed by atoms with Crippen molar-refractivity contribution in [2.75, 3.05) is 31.2 Å². The monoisotopic (exact) mass is 323 g/mol. The van der Waals surface area contributed by atoms with Gasteiger partial charge in [-0.25, -0.2) is 14.5 Å². The van der Waals surface area contributed by atoms with Crippen LogP contribution in [0, 0.1) is 0 Å². The van der Waals surface area contributed by atoms with Crippen molar-refractivity contribution in [1.29, 1.82) is 0 Å². The minimum atomic E-state index is 0.552. The topological polar surface area (TPSA) is 55.5 Å². The molecule has 7 heteroatoms. The van der Waals surface area contributed by atoms with Gasteiger partial charge in [0.15, 0.2) is 17.3 Å². The van der Waals surface area contributed by atoms with Gasteiger partial charge in [-0.15, -0.1) is 0 Å². The molecule has 1 saturated carbocycles. The summed E-state index contributed by atoms with van der Waals surface area (Å²) in [4.78, 5) is 11.5. The molecule has 19 heavy (non-hydrogen) atoms. The van der Waals surface area contributed by atoms with E-state index in [-0.39, 0.29) is 0 Å². The fourth-order valence-electron chi connectivity index (χ4n) is 2.36. The number of anilines is 1. The van der Waals surface area contributed by atoms with Crippen LogP contribution in [0.15, 0.2) is 10.8 Å². The molecule has 0 spiro atoms. The second-order valence-electron chi connectivity index (χ2n) is 5.00. The summed E-state index contributed by atoms with van der Waals surface area (Å²) in [6.07, 6.45) is 4.29. The highest BCUT2D eigenvalue weighted by Gasteiger charge is 2.29. The van der Waals surface area contributed by atoms with Gasteiger partial charge in [0.2, 0.25) is 0 Å². The van der Waals surface area contributed by atoms with Gasteiger partial charge < -0.3 is 9.64 Å². The summed E-state index contributed by atoms with van der Waals surface area (Å²) in [5, 5.41) is 4.57. The Labute approximate surface area is 118 Å². The molecule has 0 radical (unpaired) electrons. The predicted molar refractivity (Wildman–Crippen MR) is 73.5 cm³/mol. The third-order valence-corrected chi connectivity index (χ3v) is 3.92. The molecule has 1 saturated heterocycles. The van der Waals surface area contributed by atoms with Crippen LogP contribution < -0.4 is 4.90 Å². The standard InChI is InChI=1S/C12H14BrN5O/c13-9-7-18-12(15-10(16-18)8-1-2-8)11(14-9)17-3-5-19-6-4-17/h7-8H,1-6H2. The summed E-state index contributed by atoms with van der Waals surface area (Å²) in [7, 11) is 0. The fraction of sp³-hybridized carbons (Fsp3) is 0.583. The van der Waals surface area contributed by atoms with Gasteiger partial charge >= 0.3 is 0 Å². The van der Waals surface area contributed by atoms with Crippen LogP contribution in [0.5, 0.6) is 0 Å². The van der Waals surface area contributed by atoms with Crippen molar-refractivity contribution >= 4 is 27.4 Å². The third-order valence-electron chi connectivity index (χ3n) is 3.54. The number of morpholine rings is 1. The average molecular weight is 324 g/mol. The molecule has 3 heterocycles. The zero-order valence-corrected chi connectivity index (χ0v) is 12.0. The minimum Gasteiger partial charge on any atom is -0.378 e. The van der Waals surface area contributed by atoms with E-state index in [9.17, 15) is 0 Å². The molecule has 0 aromatic carbocycles. The van der Waals surface area contributed by atoms with Crippen molar-refractivity contribution in [3.8, 4) is 0 Å². The van der Waals surface area contributed by atoms with Crippen molar-refractivity contribution in [2.24, 2.45) is 0 Å². The molecule has 4 rings (SSSR count). The second-order valence-corrected chi connectivity index (χ2v) is 5.81. The summed E-state index contributed by atoms with van der Waals surface area (Å²) in [6, 6.07) is 0. The summed E-state index contributed by atoms with van der Waals surface area (Å²) in [5.74, 6) is 2.41. The molecule has 6 nitrogen and oxygen atoms in total. The van der Waals surface area contributed by atoms with Crippen molar-refractivity contribution in [1.82, 2.24) is 19.6 Å². The number of ether oxygens (including phenoxy) is 1. The highest BCUT2D eigenvalue weighted by molar-refractivity contribution is 9.10. The predicted octanol–water partition coefficient (Wildman–Crippen LogP) is 1.60. The van der Waals surface area contributed by atoms with E-state index in [1.807, 2.05) is 10.7 Å². The lowest BCUT2D eigenvalue weighted by Gasteiger charge is -2.27. The zero-order chi connectivity index (χ0) is 12.8. The molecule has 0 atom stereocenters. The van der Waals surface area contributed by atoms with Gasteiger partial charge in [-0.05, 0) is 28.8 Å². The molecule has 0 amide bonds. The zero-order valence-electron chi connectivity index (χ0n) is 10.4. The highest BCUT2D eigenvalue weighted by atomic mass is 79.9.